The molecule has 5 nitrogen and oxygen atoms in total. The fraction of sp³-hybridized carbons (Fsp3) is 0.500. The minimum absolute atomic E-state index is 0.204. The Hall–Kier alpha value is -1.09. The number of halogens is 2. The van der Waals surface area contributed by atoms with Gasteiger partial charge in [0.15, 0.2) is 4.90 Å². The molecule has 0 radical (unpaired) electrons. The van der Waals surface area contributed by atoms with Gasteiger partial charge in [0.1, 0.15) is 11.6 Å². The van der Waals surface area contributed by atoms with E-state index >= 15 is 0 Å². The Balaban J connectivity index is 2.20. The molecule has 0 atom stereocenters. The number of rotatable bonds is 4. The van der Waals surface area contributed by atoms with Crippen molar-refractivity contribution in [3.8, 4) is 0 Å². The van der Waals surface area contributed by atoms with E-state index in [0.717, 1.165) is 22.5 Å². The Morgan fingerprint density at radius 2 is 1.65 bits per heavy atom. The molecular formula is C12H17F2N3O2S. The molecule has 1 saturated heterocycles. The number of benzene rings is 1. The first-order valence-corrected chi connectivity index (χ1v) is 7.77. The lowest BCUT2D eigenvalue weighted by Crippen LogP contribution is -2.49. The molecule has 8 heteroatoms. The first-order chi connectivity index (χ1) is 9.46. The molecule has 0 spiro atoms. The van der Waals surface area contributed by atoms with Gasteiger partial charge in [-0.05, 0) is 12.1 Å². The van der Waals surface area contributed by atoms with Gasteiger partial charge in [0.2, 0.25) is 10.0 Å². The Kier molecular flexibility index (Phi) is 4.69. The van der Waals surface area contributed by atoms with Gasteiger partial charge in [-0.25, -0.2) is 17.2 Å². The lowest BCUT2D eigenvalue weighted by Gasteiger charge is -2.33. The minimum atomic E-state index is -4.14. The summed E-state index contributed by atoms with van der Waals surface area (Å²) in [5.74, 6) is -2.12. The Labute approximate surface area is 117 Å². The van der Waals surface area contributed by atoms with Crippen LogP contribution in [0.3, 0.4) is 0 Å². The molecule has 1 aromatic carbocycles. The van der Waals surface area contributed by atoms with Gasteiger partial charge in [-0.15, -0.1) is 0 Å². The molecule has 1 heterocycles. The molecule has 0 amide bonds. The van der Waals surface area contributed by atoms with E-state index in [0.29, 0.717) is 26.2 Å². The van der Waals surface area contributed by atoms with Crippen molar-refractivity contribution in [2.45, 2.75) is 4.90 Å². The molecule has 2 N–H and O–H groups in total. The van der Waals surface area contributed by atoms with Crippen LogP contribution in [0.1, 0.15) is 0 Å². The number of nitrogens with two attached hydrogens (primary N) is 1. The van der Waals surface area contributed by atoms with Crippen molar-refractivity contribution in [2.24, 2.45) is 5.73 Å². The van der Waals surface area contributed by atoms with Gasteiger partial charge in [0, 0.05) is 39.3 Å². The van der Waals surface area contributed by atoms with Crippen LogP contribution in [0.5, 0.6) is 0 Å². The molecule has 112 valence electrons. The zero-order valence-electron chi connectivity index (χ0n) is 10.9. The third-order valence-electron chi connectivity index (χ3n) is 3.29. The molecule has 0 saturated carbocycles. The van der Waals surface area contributed by atoms with E-state index in [-0.39, 0.29) is 13.1 Å². The second-order valence-corrected chi connectivity index (χ2v) is 6.46. The number of hydrogen-bond acceptors (Lipinski definition) is 4. The van der Waals surface area contributed by atoms with E-state index in [4.69, 9.17) is 5.73 Å². The van der Waals surface area contributed by atoms with Crippen LogP contribution in [0.15, 0.2) is 23.1 Å². The summed E-state index contributed by atoms with van der Waals surface area (Å²) in [5.41, 5.74) is 5.44. The maximum atomic E-state index is 13.6. The summed E-state index contributed by atoms with van der Waals surface area (Å²) in [6.45, 7) is 2.60. The number of hydrogen-bond donors (Lipinski definition) is 1. The third-order valence-corrected chi connectivity index (χ3v) is 5.24. The number of sulfonamides is 1. The Morgan fingerprint density at radius 1 is 1.10 bits per heavy atom. The van der Waals surface area contributed by atoms with E-state index in [1.165, 1.54) is 0 Å². The summed E-state index contributed by atoms with van der Waals surface area (Å²) >= 11 is 0. The van der Waals surface area contributed by atoms with Crippen LogP contribution in [-0.4, -0.2) is 56.9 Å². The van der Waals surface area contributed by atoms with Gasteiger partial charge in [0.05, 0.1) is 0 Å². The van der Waals surface area contributed by atoms with Gasteiger partial charge in [0.25, 0.3) is 0 Å². The largest absolute Gasteiger partial charge is 0.329 e. The zero-order valence-corrected chi connectivity index (χ0v) is 11.7. The lowest BCUT2D eigenvalue weighted by atomic mass is 10.3. The van der Waals surface area contributed by atoms with Crippen molar-refractivity contribution >= 4 is 10.0 Å². The summed E-state index contributed by atoms with van der Waals surface area (Å²) in [6, 6.07) is 3.03. The summed E-state index contributed by atoms with van der Waals surface area (Å²) in [7, 11) is -4.14. The highest BCUT2D eigenvalue weighted by molar-refractivity contribution is 7.89. The summed E-state index contributed by atoms with van der Waals surface area (Å²) in [5, 5.41) is 0. The molecular weight excluding hydrogens is 288 g/mol. The maximum Gasteiger partial charge on any atom is 0.249 e. The predicted molar refractivity (Wildman–Crippen MR) is 70.6 cm³/mol. The smallest absolute Gasteiger partial charge is 0.249 e. The van der Waals surface area contributed by atoms with Crippen LogP contribution in [0, 0.1) is 11.6 Å². The molecule has 1 aromatic rings. The molecule has 1 aliphatic heterocycles. The molecule has 1 fully saturated rings. The predicted octanol–water partition coefficient (Wildman–Crippen LogP) is 0.230. The second-order valence-electron chi connectivity index (χ2n) is 4.59. The van der Waals surface area contributed by atoms with Crippen molar-refractivity contribution in [3.63, 3.8) is 0 Å². The lowest BCUT2D eigenvalue weighted by molar-refractivity contribution is 0.192. The number of nitrogens with zero attached hydrogens (tertiary/aromatic N) is 2. The minimum Gasteiger partial charge on any atom is -0.329 e. The molecule has 0 unspecified atom stereocenters. The topological polar surface area (TPSA) is 66.6 Å². The third kappa shape index (κ3) is 2.98. The molecule has 0 aliphatic carbocycles. The molecule has 1 aliphatic rings. The van der Waals surface area contributed by atoms with Crippen molar-refractivity contribution in [1.29, 1.82) is 0 Å². The average molecular weight is 305 g/mol. The molecule has 0 aromatic heterocycles. The highest BCUT2D eigenvalue weighted by atomic mass is 32.2. The SMILES string of the molecule is NCCN1CCN(S(=O)(=O)c2c(F)cccc2F)CC1. The van der Waals surface area contributed by atoms with E-state index in [1.54, 1.807) is 0 Å². The monoisotopic (exact) mass is 305 g/mol. The normalized spacial score (nSPS) is 18.4. The maximum absolute atomic E-state index is 13.6. The highest BCUT2D eigenvalue weighted by Gasteiger charge is 2.32. The average Bonchev–Trinajstić information content (AvgIpc) is 2.39. The Bertz CT molecular complexity index is 552. The van der Waals surface area contributed by atoms with Crippen LogP contribution in [-0.2, 0) is 10.0 Å². The van der Waals surface area contributed by atoms with Crippen molar-refractivity contribution in [2.75, 3.05) is 39.3 Å². The van der Waals surface area contributed by atoms with Gasteiger partial charge in [-0.1, -0.05) is 6.07 Å². The fourth-order valence-corrected chi connectivity index (χ4v) is 3.77. The Morgan fingerprint density at radius 3 is 2.15 bits per heavy atom. The first kappa shape index (κ1) is 15.3. The van der Waals surface area contributed by atoms with Crippen LogP contribution >= 0.6 is 0 Å². The van der Waals surface area contributed by atoms with Crippen LogP contribution in [0.25, 0.3) is 0 Å². The van der Waals surface area contributed by atoms with Crippen molar-refractivity contribution in [3.05, 3.63) is 29.8 Å². The zero-order chi connectivity index (χ0) is 14.8. The quantitative estimate of drug-likeness (QED) is 0.865. The molecule has 0 bridgehead atoms. The summed E-state index contributed by atoms with van der Waals surface area (Å²) in [6.07, 6.45) is 0. The van der Waals surface area contributed by atoms with Gasteiger partial charge < -0.3 is 5.73 Å². The van der Waals surface area contributed by atoms with E-state index in [1.807, 2.05) is 4.90 Å². The first-order valence-electron chi connectivity index (χ1n) is 6.33. The van der Waals surface area contributed by atoms with Crippen LogP contribution < -0.4 is 5.73 Å². The van der Waals surface area contributed by atoms with E-state index in [2.05, 4.69) is 0 Å². The summed E-state index contributed by atoms with van der Waals surface area (Å²) < 4.78 is 53.0. The van der Waals surface area contributed by atoms with Gasteiger partial charge >= 0.3 is 0 Å². The fourth-order valence-electron chi connectivity index (χ4n) is 2.23. The van der Waals surface area contributed by atoms with Gasteiger partial charge in [-0.2, -0.15) is 4.31 Å². The van der Waals surface area contributed by atoms with Crippen LogP contribution in [0.4, 0.5) is 8.78 Å². The molecule has 2 rings (SSSR count). The molecule has 20 heavy (non-hydrogen) atoms. The standard InChI is InChI=1S/C12H17F2N3O2S/c13-10-2-1-3-11(14)12(10)20(18,19)17-8-6-16(5-4-15)7-9-17/h1-3H,4-9,15H2. The second kappa shape index (κ2) is 6.13. The number of piperazine rings is 1. The highest BCUT2D eigenvalue weighted by Crippen LogP contribution is 2.23. The van der Waals surface area contributed by atoms with E-state index in [9.17, 15) is 17.2 Å². The van der Waals surface area contributed by atoms with Crippen molar-refractivity contribution < 1.29 is 17.2 Å². The van der Waals surface area contributed by atoms with E-state index < -0.39 is 26.6 Å². The summed E-state index contributed by atoms with van der Waals surface area (Å²) in [4.78, 5) is 1.15. The van der Waals surface area contributed by atoms with Crippen LogP contribution in [0.2, 0.25) is 0 Å². The van der Waals surface area contributed by atoms with Crippen molar-refractivity contribution in [1.82, 2.24) is 9.21 Å². The van der Waals surface area contributed by atoms with Gasteiger partial charge in [-0.3, -0.25) is 4.90 Å².